The van der Waals surface area contributed by atoms with Gasteiger partial charge in [0.05, 0.1) is 28.4 Å². The number of benzene rings is 4. The van der Waals surface area contributed by atoms with E-state index in [-0.39, 0.29) is 5.41 Å². The van der Waals surface area contributed by atoms with E-state index < -0.39 is 0 Å². The van der Waals surface area contributed by atoms with Gasteiger partial charge in [-0.3, -0.25) is 9.97 Å². The standard InChI is InChI=1S/C36H21N3/c37-21-23-17-18-38-35(19-23)34-16-14-25(22-39-34)24-13-15-29-28-9-3-6-12-32(28)36(33(29)20-24)30-10-4-1-7-26(30)27-8-2-5-11-31(27)36/h1-20,22H. The predicted octanol–water partition coefficient (Wildman–Crippen LogP) is 8.03. The average molecular weight is 496 g/mol. The number of fused-ring (bicyclic) bond motifs is 10. The first-order valence-corrected chi connectivity index (χ1v) is 13.1. The van der Waals surface area contributed by atoms with Crippen molar-refractivity contribution in [3.05, 3.63) is 155 Å². The van der Waals surface area contributed by atoms with E-state index in [9.17, 15) is 5.26 Å². The van der Waals surface area contributed by atoms with Gasteiger partial charge in [-0.15, -0.1) is 0 Å². The van der Waals surface area contributed by atoms with Gasteiger partial charge >= 0.3 is 0 Å². The van der Waals surface area contributed by atoms with Gasteiger partial charge in [0.2, 0.25) is 0 Å². The zero-order chi connectivity index (χ0) is 26.0. The lowest BCUT2D eigenvalue weighted by atomic mass is 9.70. The van der Waals surface area contributed by atoms with Crippen LogP contribution in [0.25, 0.3) is 44.8 Å². The van der Waals surface area contributed by atoms with Crippen LogP contribution in [0.1, 0.15) is 27.8 Å². The molecule has 3 heteroatoms. The molecular weight excluding hydrogens is 474 g/mol. The maximum Gasteiger partial charge on any atom is 0.0992 e. The number of nitriles is 1. The van der Waals surface area contributed by atoms with Crippen molar-refractivity contribution in [3.63, 3.8) is 0 Å². The lowest BCUT2D eigenvalue weighted by molar-refractivity contribution is 0.794. The van der Waals surface area contributed by atoms with Crippen LogP contribution in [0, 0.1) is 11.3 Å². The molecule has 0 amide bonds. The average Bonchev–Trinajstić information content (AvgIpc) is 3.48. The molecule has 0 N–H and O–H groups in total. The minimum Gasteiger partial charge on any atom is -0.255 e. The van der Waals surface area contributed by atoms with E-state index in [1.807, 2.05) is 12.3 Å². The van der Waals surface area contributed by atoms with Crippen LogP contribution in [-0.4, -0.2) is 9.97 Å². The summed E-state index contributed by atoms with van der Waals surface area (Å²) < 4.78 is 0. The summed E-state index contributed by atoms with van der Waals surface area (Å²) in [6, 6.07) is 43.1. The van der Waals surface area contributed by atoms with Crippen molar-refractivity contribution in [2.24, 2.45) is 0 Å². The van der Waals surface area contributed by atoms with Crippen LogP contribution in [0.15, 0.2) is 128 Å². The van der Waals surface area contributed by atoms with E-state index in [0.717, 1.165) is 16.8 Å². The number of pyridine rings is 2. The molecule has 4 aromatic carbocycles. The molecule has 0 radical (unpaired) electrons. The maximum atomic E-state index is 9.26. The molecule has 2 aliphatic rings. The third-order valence-electron chi connectivity index (χ3n) is 8.25. The second-order valence-corrected chi connectivity index (χ2v) is 10.1. The van der Waals surface area contributed by atoms with E-state index >= 15 is 0 Å². The minimum absolute atomic E-state index is 0.357. The van der Waals surface area contributed by atoms with E-state index in [1.54, 1.807) is 18.3 Å². The highest BCUT2D eigenvalue weighted by Gasteiger charge is 2.51. The molecule has 0 saturated carbocycles. The molecule has 0 saturated heterocycles. The van der Waals surface area contributed by atoms with Gasteiger partial charge in [-0.1, -0.05) is 91.0 Å². The molecule has 0 fully saturated rings. The molecule has 0 atom stereocenters. The van der Waals surface area contributed by atoms with Crippen LogP contribution in [0.4, 0.5) is 0 Å². The van der Waals surface area contributed by atoms with Gasteiger partial charge < -0.3 is 0 Å². The molecule has 6 aromatic rings. The summed E-state index contributed by atoms with van der Waals surface area (Å²) in [5, 5.41) is 9.26. The first-order chi connectivity index (χ1) is 19.3. The van der Waals surface area contributed by atoms with Crippen molar-refractivity contribution in [3.8, 4) is 50.8 Å². The van der Waals surface area contributed by atoms with E-state index in [0.29, 0.717) is 11.3 Å². The topological polar surface area (TPSA) is 49.6 Å². The summed E-state index contributed by atoms with van der Waals surface area (Å²) >= 11 is 0. The summed E-state index contributed by atoms with van der Waals surface area (Å²) in [5.41, 5.74) is 14.3. The smallest absolute Gasteiger partial charge is 0.0992 e. The predicted molar refractivity (Wildman–Crippen MR) is 154 cm³/mol. The largest absolute Gasteiger partial charge is 0.255 e. The lowest BCUT2D eigenvalue weighted by Gasteiger charge is -2.30. The molecule has 0 bridgehead atoms. The van der Waals surface area contributed by atoms with Gasteiger partial charge in [0.25, 0.3) is 0 Å². The van der Waals surface area contributed by atoms with E-state index in [4.69, 9.17) is 4.98 Å². The van der Waals surface area contributed by atoms with Gasteiger partial charge in [-0.25, -0.2) is 0 Å². The van der Waals surface area contributed by atoms with E-state index in [1.165, 1.54) is 44.5 Å². The number of hydrogen-bond donors (Lipinski definition) is 0. The Morgan fingerprint density at radius 1 is 0.513 bits per heavy atom. The Labute approximate surface area is 226 Å². The molecule has 2 heterocycles. The van der Waals surface area contributed by atoms with Gasteiger partial charge in [-0.05, 0) is 74.3 Å². The molecule has 2 aromatic heterocycles. The number of aromatic nitrogens is 2. The summed E-state index contributed by atoms with van der Waals surface area (Å²) in [6.07, 6.45) is 3.56. The van der Waals surface area contributed by atoms with E-state index in [2.05, 4.69) is 108 Å². The Kier molecular flexibility index (Phi) is 4.50. The highest BCUT2D eigenvalue weighted by Crippen LogP contribution is 2.62. The molecule has 1 spiro atoms. The summed E-state index contributed by atoms with van der Waals surface area (Å²) in [6.45, 7) is 0. The maximum absolute atomic E-state index is 9.26. The lowest BCUT2D eigenvalue weighted by Crippen LogP contribution is -2.25. The first-order valence-electron chi connectivity index (χ1n) is 13.1. The summed E-state index contributed by atoms with van der Waals surface area (Å²) in [5.74, 6) is 0. The fraction of sp³-hybridized carbons (Fsp3) is 0.0278. The molecular formula is C36H21N3. The summed E-state index contributed by atoms with van der Waals surface area (Å²) in [7, 11) is 0. The Morgan fingerprint density at radius 3 is 1.69 bits per heavy atom. The van der Waals surface area contributed by atoms with Crippen molar-refractivity contribution in [1.82, 2.24) is 9.97 Å². The Morgan fingerprint density at radius 2 is 1.10 bits per heavy atom. The van der Waals surface area contributed by atoms with Gasteiger partial charge in [0.1, 0.15) is 0 Å². The third kappa shape index (κ3) is 2.92. The number of hydrogen-bond acceptors (Lipinski definition) is 3. The van der Waals surface area contributed by atoms with Crippen molar-refractivity contribution in [2.45, 2.75) is 5.41 Å². The van der Waals surface area contributed by atoms with Crippen LogP contribution < -0.4 is 0 Å². The Balaban J connectivity index is 1.33. The second-order valence-electron chi connectivity index (χ2n) is 10.1. The SMILES string of the molecule is N#Cc1ccnc(-c2ccc(-c3ccc4c(c3)C3(c5ccccc5-c5ccccc53)c3ccccc3-4)cn2)c1. The highest BCUT2D eigenvalue weighted by molar-refractivity contribution is 5.95. The van der Waals surface area contributed by atoms with Gasteiger partial charge in [-0.2, -0.15) is 5.26 Å². The van der Waals surface area contributed by atoms with Crippen LogP contribution in [0.5, 0.6) is 0 Å². The van der Waals surface area contributed by atoms with Crippen LogP contribution in [-0.2, 0) is 5.41 Å². The second kappa shape index (κ2) is 8.08. The van der Waals surface area contributed by atoms with Crippen molar-refractivity contribution < 1.29 is 0 Å². The molecule has 0 aliphatic heterocycles. The molecule has 39 heavy (non-hydrogen) atoms. The molecule has 180 valence electrons. The van der Waals surface area contributed by atoms with Crippen molar-refractivity contribution >= 4 is 0 Å². The molecule has 2 aliphatic carbocycles. The fourth-order valence-corrected chi connectivity index (χ4v) is 6.63. The first kappa shape index (κ1) is 21.7. The highest BCUT2D eigenvalue weighted by atomic mass is 14.8. The quantitative estimate of drug-likeness (QED) is 0.244. The summed E-state index contributed by atoms with van der Waals surface area (Å²) in [4.78, 5) is 9.13. The van der Waals surface area contributed by atoms with Gasteiger partial charge in [0, 0.05) is 18.0 Å². The number of rotatable bonds is 2. The minimum atomic E-state index is -0.357. The van der Waals surface area contributed by atoms with Crippen LogP contribution >= 0.6 is 0 Å². The van der Waals surface area contributed by atoms with Gasteiger partial charge in [0.15, 0.2) is 0 Å². The van der Waals surface area contributed by atoms with Crippen LogP contribution in [0.2, 0.25) is 0 Å². The van der Waals surface area contributed by atoms with Crippen molar-refractivity contribution in [2.75, 3.05) is 0 Å². The van der Waals surface area contributed by atoms with Crippen molar-refractivity contribution in [1.29, 1.82) is 5.26 Å². The monoisotopic (exact) mass is 495 g/mol. The Hall–Kier alpha value is -5.33. The zero-order valence-corrected chi connectivity index (χ0v) is 21.0. The molecule has 8 rings (SSSR count). The zero-order valence-electron chi connectivity index (χ0n) is 21.0. The molecule has 0 unspecified atom stereocenters. The fourth-order valence-electron chi connectivity index (χ4n) is 6.63. The molecule has 3 nitrogen and oxygen atoms in total. The number of nitrogens with zero attached hydrogens (tertiary/aromatic N) is 3. The Bertz CT molecular complexity index is 1920. The normalized spacial score (nSPS) is 13.3. The van der Waals surface area contributed by atoms with Crippen LogP contribution in [0.3, 0.4) is 0 Å². The third-order valence-corrected chi connectivity index (χ3v) is 8.25.